The van der Waals surface area contributed by atoms with Gasteiger partial charge in [0, 0.05) is 67.2 Å². The normalized spacial score (nSPS) is 22.7. The number of rotatable bonds is 8. The van der Waals surface area contributed by atoms with E-state index in [-0.39, 0.29) is 35.6 Å². The van der Waals surface area contributed by atoms with Crippen LogP contribution in [0, 0.1) is 17.8 Å². The van der Waals surface area contributed by atoms with E-state index in [0.717, 1.165) is 36.4 Å². The molecule has 5 aromatic rings. The van der Waals surface area contributed by atoms with Crippen LogP contribution < -0.4 is 10.5 Å². The lowest BCUT2D eigenvalue weighted by molar-refractivity contribution is 0.0459. The molecule has 0 radical (unpaired) electrons. The second-order valence-corrected chi connectivity index (χ2v) is 13.5. The summed E-state index contributed by atoms with van der Waals surface area (Å²) in [4.78, 5) is 35.7. The van der Waals surface area contributed by atoms with E-state index in [1.807, 2.05) is 17.0 Å². The number of nitrogens with one attached hydrogen (secondary N) is 1. The largest absolute Gasteiger partial charge is 0.494 e. The zero-order valence-electron chi connectivity index (χ0n) is 25.7. The Balaban J connectivity index is 1.13. The molecule has 3 N–H and O–H groups in total. The summed E-state index contributed by atoms with van der Waals surface area (Å²) in [6.45, 7) is 3.39. The zero-order chi connectivity index (χ0) is 31.1. The SMILES string of the molecule is COc1cc(C(=O)N2CC3CCC2[C@@H]3N)cc2nc(-c3cc4ccccc4n3CC3CC3)n(CC3CN(C(=O)c4nn[nH]n4)C3)c12. The maximum atomic E-state index is 13.9. The van der Waals surface area contributed by atoms with Crippen LogP contribution in [0.4, 0.5) is 0 Å². The first kappa shape index (κ1) is 27.5. The summed E-state index contributed by atoms with van der Waals surface area (Å²) in [6.07, 6.45) is 4.50. The van der Waals surface area contributed by atoms with Crippen LogP contribution in [0.3, 0.4) is 0 Å². The van der Waals surface area contributed by atoms with Crippen molar-refractivity contribution >= 4 is 33.8 Å². The third-order valence-electron chi connectivity index (χ3n) is 10.6. The van der Waals surface area contributed by atoms with Gasteiger partial charge in [0.2, 0.25) is 0 Å². The van der Waals surface area contributed by atoms with Crippen molar-refractivity contribution in [2.24, 2.45) is 23.5 Å². The Labute approximate surface area is 264 Å². The molecule has 13 nitrogen and oxygen atoms in total. The molecular formula is C33H36N10O3. The molecule has 3 atom stereocenters. The van der Waals surface area contributed by atoms with Crippen LogP contribution >= 0.6 is 0 Å². The number of piperidine rings is 1. The van der Waals surface area contributed by atoms with E-state index in [0.29, 0.717) is 54.8 Å². The number of carbonyl (C=O) groups is 2. The second kappa shape index (κ2) is 10.4. The molecule has 13 heteroatoms. The van der Waals surface area contributed by atoms with Gasteiger partial charge in [-0.3, -0.25) is 9.59 Å². The van der Waals surface area contributed by atoms with Crippen molar-refractivity contribution < 1.29 is 14.3 Å². The Morgan fingerprint density at radius 3 is 2.52 bits per heavy atom. The monoisotopic (exact) mass is 620 g/mol. The summed E-state index contributed by atoms with van der Waals surface area (Å²) in [5, 5.41) is 14.8. The lowest BCUT2D eigenvalue weighted by Gasteiger charge is -2.39. The van der Waals surface area contributed by atoms with E-state index in [1.54, 1.807) is 12.0 Å². The highest BCUT2D eigenvalue weighted by atomic mass is 16.5. The molecule has 2 aromatic carbocycles. The van der Waals surface area contributed by atoms with E-state index in [4.69, 9.17) is 15.5 Å². The average molecular weight is 621 g/mol. The molecule has 2 bridgehead atoms. The summed E-state index contributed by atoms with van der Waals surface area (Å²) in [5.41, 5.74) is 10.8. The van der Waals surface area contributed by atoms with Crippen LogP contribution in [0.15, 0.2) is 42.5 Å². The third-order valence-corrected chi connectivity index (χ3v) is 10.6. The van der Waals surface area contributed by atoms with Crippen LogP contribution in [0.5, 0.6) is 5.75 Å². The number of tetrazole rings is 1. The Morgan fingerprint density at radius 2 is 1.80 bits per heavy atom. The van der Waals surface area contributed by atoms with E-state index in [1.165, 1.54) is 23.7 Å². The number of methoxy groups -OCH3 is 1. The highest BCUT2D eigenvalue weighted by molar-refractivity contribution is 6.00. The molecule has 2 saturated heterocycles. The predicted molar refractivity (Wildman–Crippen MR) is 169 cm³/mol. The first-order valence-corrected chi connectivity index (χ1v) is 16.2. The number of hydrogen-bond acceptors (Lipinski definition) is 8. The molecule has 2 aliphatic heterocycles. The number of imidazole rings is 1. The van der Waals surface area contributed by atoms with Gasteiger partial charge in [0.15, 0.2) is 5.82 Å². The van der Waals surface area contributed by atoms with Gasteiger partial charge in [-0.15, -0.1) is 10.2 Å². The van der Waals surface area contributed by atoms with Gasteiger partial charge in [-0.05, 0) is 67.0 Å². The lowest BCUT2D eigenvalue weighted by atomic mass is 9.99. The number of nitrogens with two attached hydrogens (primary N) is 1. The van der Waals surface area contributed by atoms with Gasteiger partial charge in [-0.2, -0.15) is 5.21 Å². The van der Waals surface area contributed by atoms with Crippen molar-refractivity contribution in [2.75, 3.05) is 26.7 Å². The molecule has 4 aliphatic rings. The van der Waals surface area contributed by atoms with E-state index < -0.39 is 0 Å². The van der Waals surface area contributed by atoms with E-state index in [2.05, 4.69) is 60.1 Å². The number of fused-ring (bicyclic) bond motifs is 4. The number of para-hydroxylation sites is 1. The standard InChI is InChI=1S/C33H36N10O3/c1-46-27-12-22(32(44)42-17-21-8-9-25(42)28(21)34)10-23-29(27)43(16-19-13-40(14-19)33(45)30-36-38-39-37-30)31(35-23)26-11-20-4-2-3-5-24(20)41(26)15-18-6-7-18/h2-5,10-12,18-19,21,25,28H,6-9,13-17,34H2,1H3,(H,36,37,38,39)/t21?,25?,28-/m1/s1. The van der Waals surface area contributed by atoms with Crippen molar-refractivity contribution in [3.05, 3.63) is 53.9 Å². The number of ether oxygens (including phenoxy) is 1. The third kappa shape index (κ3) is 4.32. The highest BCUT2D eigenvalue weighted by Gasteiger charge is 2.47. The second-order valence-electron chi connectivity index (χ2n) is 13.5. The first-order valence-electron chi connectivity index (χ1n) is 16.2. The zero-order valence-corrected chi connectivity index (χ0v) is 25.7. The van der Waals surface area contributed by atoms with E-state index in [9.17, 15) is 9.59 Å². The van der Waals surface area contributed by atoms with Crippen LogP contribution in [-0.4, -0.2) is 95.2 Å². The average Bonchev–Trinajstić information content (AvgIpc) is 3.44. The van der Waals surface area contributed by atoms with Crippen molar-refractivity contribution in [2.45, 2.75) is 50.9 Å². The van der Waals surface area contributed by atoms with Gasteiger partial charge in [-0.25, -0.2) is 4.98 Å². The quantitative estimate of drug-likeness (QED) is 0.269. The number of likely N-dealkylation sites (tertiary alicyclic amines) is 2. The molecule has 236 valence electrons. The van der Waals surface area contributed by atoms with Crippen molar-refractivity contribution in [3.63, 3.8) is 0 Å². The Kier molecular flexibility index (Phi) is 6.21. The van der Waals surface area contributed by atoms with Crippen LogP contribution in [0.1, 0.15) is 46.7 Å². The van der Waals surface area contributed by atoms with Crippen molar-refractivity contribution in [1.29, 1.82) is 0 Å². The molecule has 2 saturated carbocycles. The number of aromatic amines is 1. The van der Waals surface area contributed by atoms with Gasteiger partial charge in [-0.1, -0.05) is 18.2 Å². The Morgan fingerprint density at radius 1 is 0.978 bits per heavy atom. The summed E-state index contributed by atoms with van der Waals surface area (Å²) in [5.74, 6) is 2.47. The first-order chi connectivity index (χ1) is 22.5. The number of amides is 2. The van der Waals surface area contributed by atoms with Crippen LogP contribution in [0.2, 0.25) is 0 Å². The summed E-state index contributed by atoms with van der Waals surface area (Å²) in [7, 11) is 1.65. The molecule has 4 fully saturated rings. The van der Waals surface area contributed by atoms with Gasteiger partial charge in [0.25, 0.3) is 17.6 Å². The van der Waals surface area contributed by atoms with Crippen LogP contribution in [-0.2, 0) is 13.1 Å². The minimum Gasteiger partial charge on any atom is -0.494 e. The summed E-state index contributed by atoms with van der Waals surface area (Å²) in [6, 6.07) is 14.6. The molecule has 2 unspecified atom stereocenters. The number of nitrogens with zero attached hydrogens (tertiary/aromatic N) is 8. The molecule has 46 heavy (non-hydrogen) atoms. The Bertz CT molecular complexity index is 1990. The number of benzene rings is 2. The van der Waals surface area contributed by atoms with Crippen LogP contribution in [0.25, 0.3) is 33.5 Å². The van der Waals surface area contributed by atoms with Gasteiger partial charge in [0.1, 0.15) is 11.3 Å². The molecule has 2 amide bonds. The lowest BCUT2D eigenvalue weighted by Crippen LogP contribution is -2.51. The van der Waals surface area contributed by atoms with Crippen molar-refractivity contribution in [3.8, 4) is 17.3 Å². The molecule has 2 aliphatic carbocycles. The van der Waals surface area contributed by atoms with Crippen molar-refractivity contribution in [1.82, 2.24) is 44.5 Å². The number of aromatic nitrogens is 7. The fourth-order valence-electron chi connectivity index (χ4n) is 7.98. The number of hydrogen-bond donors (Lipinski definition) is 2. The maximum Gasteiger partial charge on any atom is 0.295 e. The molecule has 5 heterocycles. The van der Waals surface area contributed by atoms with Gasteiger partial charge < -0.3 is 29.4 Å². The fraction of sp³-hybridized carbons (Fsp3) is 0.455. The minimum absolute atomic E-state index is 0.0172. The maximum absolute atomic E-state index is 13.9. The summed E-state index contributed by atoms with van der Waals surface area (Å²) < 4.78 is 10.6. The molecular weight excluding hydrogens is 584 g/mol. The number of carbonyl (C=O) groups excluding carboxylic acids is 2. The predicted octanol–water partition coefficient (Wildman–Crippen LogP) is 2.92. The molecule has 9 rings (SSSR count). The fourth-order valence-corrected chi connectivity index (χ4v) is 7.98. The molecule has 3 aromatic heterocycles. The summed E-state index contributed by atoms with van der Waals surface area (Å²) >= 11 is 0. The smallest absolute Gasteiger partial charge is 0.295 e. The number of H-pyrrole nitrogens is 1. The highest BCUT2D eigenvalue weighted by Crippen LogP contribution is 2.41. The molecule has 0 spiro atoms. The minimum atomic E-state index is -0.235. The topological polar surface area (TPSA) is 153 Å². The van der Waals surface area contributed by atoms with Gasteiger partial charge in [0.05, 0.1) is 18.3 Å². The van der Waals surface area contributed by atoms with E-state index >= 15 is 0 Å². The van der Waals surface area contributed by atoms with Gasteiger partial charge >= 0.3 is 0 Å². The Hall–Kier alpha value is -4.78.